The van der Waals surface area contributed by atoms with E-state index in [1.807, 2.05) is 0 Å². The Morgan fingerprint density at radius 3 is 2.58 bits per heavy atom. The number of nitrogen functional groups attached to an aromatic ring is 1. The second-order valence-corrected chi connectivity index (χ2v) is 4.66. The van der Waals surface area contributed by atoms with Crippen LogP contribution in [0.3, 0.4) is 0 Å². The molecule has 0 bridgehead atoms. The van der Waals surface area contributed by atoms with Gasteiger partial charge in [0.05, 0.1) is 16.4 Å². The van der Waals surface area contributed by atoms with Crippen molar-refractivity contribution in [1.29, 1.82) is 0 Å². The molecular formula is C13H9Cl2FN2O. The minimum atomic E-state index is -0.583. The van der Waals surface area contributed by atoms with Gasteiger partial charge in [-0.25, -0.2) is 4.39 Å². The number of nitrogens with one attached hydrogen (secondary N) is 1. The van der Waals surface area contributed by atoms with Gasteiger partial charge in [-0.3, -0.25) is 4.79 Å². The molecule has 2 rings (SSSR count). The van der Waals surface area contributed by atoms with Crippen LogP contribution in [0.25, 0.3) is 0 Å². The van der Waals surface area contributed by atoms with E-state index in [2.05, 4.69) is 5.32 Å². The third-order valence-corrected chi connectivity index (χ3v) is 2.97. The zero-order valence-electron chi connectivity index (χ0n) is 9.58. The first-order chi connectivity index (χ1) is 8.97. The molecule has 3 nitrogen and oxygen atoms in total. The number of carbonyl (C=O) groups is 1. The molecule has 3 N–H and O–H groups in total. The molecule has 0 aliphatic carbocycles. The van der Waals surface area contributed by atoms with Crippen molar-refractivity contribution in [2.75, 3.05) is 11.1 Å². The largest absolute Gasteiger partial charge is 0.397 e. The van der Waals surface area contributed by atoms with Gasteiger partial charge in [0.15, 0.2) is 0 Å². The summed E-state index contributed by atoms with van der Waals surface area (Å²) < 4.78 is 13.0. The third-order valence-electron chi connectivity index (χ3n) is 2.45. The Morgan fingerprint density at radius 2 is 1.89 bits per heavy atom. The van der Waals surface area contributed by atoms with Crippen LogP contribution in [0.15, 0.2) is 36.4 Å². The summed E-state index contributed by atoms with van der Waals surface area (Å²) in [6, 6.07) is 8.42. The molecule has 98 valence electrons. The molecule has 6 heteroatoms. The van der Waals surface area contributed by atoms with Gasteiger partial charge >= 0.3 is 0 Å². The summed E-state index contributed by atoms with van der Waals surface area (Å²) in [5, 5.41) is 2.91. The van der Waals surface area contributed by atoms with Gasteiger partial charge in [-0.2, -0.15) is 0 Å². The number of amides is 1. The lowest BCUT2D eigenvalue weighted by Crippen LogP contribution is -2.13. The van der Waals surface area contributed by atoms with Crippen molar-refractivity contribution >= 4 is 40.5 Å². The number of nitrogens with two attached hydrogens (primary N) is 1. The van der Waals surface area contributed by atoms with Gasteiger partial charge in [-0.05, 0) is 36.4 Å². The van der Waals surface area contributed by atoms with Crippen LogP contribution in [-0.4, -0.2) is 5.91 Å². The molecule has 0 saturated carbocycles. The average molecular weight is 299 g/mol. The third kappa shape index (κ3) is 3.16. The number of hydrogen-bond donors (Lipinski definition) is 2. The summed E-state index contributed by atoms with van der Waals surface area (Å²) in [6.07, 6.45) is 0. The molecule has 2 aromatic carbocycles. The fourth-order valence-electron chi connectivity index (χ4n) is 1.47. The van der Waals surface area contributed by atoms with Crippen molar-refractivity contribution in [2.24, 2.45) is 0 Å². The predicted octanol–water partition coefficient (Wildman–Crippen LogP) is 3.97. The number of anilines is 2. The quantitative estimate of drug-likeness (QED) is 0.824. The smallest absolute Gasteiger partial charge is 0.255 e. The Morgan fingerprint density at radius 1 is 1.16 bits per heavy atom. The minimum Gasteiger partial charge on any atom is -0.397 e. The average Bonchev–Trinajstić information content (AvgIpc) is 2.37. The number of hydrogen-bond acceptors (Lipinski definition) is 2. The van der Waals surface area contributed by atoms with Gasteiger partial charge < -0.3 is 11.1 Å². The predicted molar refractivity (Wildman–Crippen MR) is 75.2 cm³/mol. The topological polar surface area (TPSA) is 55.1 Å². The number of rotatable bonds is 2. The molecule has 19 heavy (non-hydrogen) atoms. The van der Waals surface area contributed by atoms with Crippen molar-refractivity contribution in [3.05, 3.63) is 57.8 Å². The zero-order chi connectivity index (χ0) is 14.0. The summed E-state index contributed by atoms with van der Waals surface area (Å²) in [5.74, 6) is -1.03. The Labute approximate surface area is 119 Å². The monoisotopic (exact) mass is 298 g/mol. The molecule has 0 heterocycles. The van der Waals surface area contributed by atoms with Gasteiger partial charge in [0.2, 0.25) is 0 Å². The molecule has 0 aliphatic rings. The lowest BCUT2D eigenvalue weighted by atomic mass is 10.2. The lowest BCUT2D eigenvalue weighted by Gasteiger charge is -2.09. The van der Waals surface area contributed by atoms with E-state index in [1.54, 1.807) is 12.1 Å². The molecule has 0 saturated heterocycles. The van der Waals surface area contributed by atoms with Crippen LogP contribution in [0.5, 0.6) is 0 Å². The molecule has 0 aliphatic heterocycles. The second-order valence-electron chi connectivity index (χ2n) is 3.81. The maximum atomic E-state index is 13.0. The van der Waals surface area contributed by atoms with E-state index in [-0.39, 0.29) is 10.6 Å². The molecule has 0 fully saturated rings. The van der Waals surface area contributed by atoms with Crippen molar-refractivity contribution in [1.82, 2.24) is 0 Å². The molecule has 0 spiro atoms. The van der Waals surface area contributed by atoms with Gasteiger partial charge in [0.25, 0.3) is 5.91 Å². The van der Waals surface area contributed by atoms with Gasteiger partial charge in [-0.15, -0.1) is 0 Å². The molecule has 0 aromatic heterocycles. The SMILES string of the molecule is Nc1ccc(Cl)cc1NC(=O)c1ccc(F)c(Cl)c1. The van der Waals surface area contributed by atoms with E-state index >= 15 is 0 Å². The molecule has 0 radical (unpaired) electrons. The highest BCUT2D eigenvalue weighted by Gasteiger charge is 2.10. The fraction of sp³-hybridized carbons (Fsp3) is 0. The standard InChI is InChI=1S/C13H9Cl2FN2O/c14-8-2-4-11(17)12(6-8)18-13(19)7-1-3-10(16)9(15)5-7/h1-6H,17H2,(H,18,19). The maximum Gasteiger partial charge on any atom is 0.255 e. The minimum absolute atomic E-state index is 0.119. The Hall–Kier alpha value is -1.78. The van der Waals surface area contributed by atoms with Crippen LogP contribution < -0.4 is 11.1 Å². The first kappa shape index (κ1) is 13.6. The summed E-state index contributed by atoms with van der Waals surface area (Å²) in [5.41, 5.74) is 6.71. The van der Waals surface area contributed by atoms with Crippen LogP contribution in [0.1, 0.15) is 10.4 Å². The highest BCUT2D eigenvalue weighted by atomic mass is 35.5. The molecule has 2 aromatic rings. The number of carbonyl (C=O) groups excluding carboxylic acids is 1. The van der Waals surface area contributed by atoms with Gasteiger partial charge in [0.1, 0.15) is 5.82 Å². The first-order valence-corrected chi connectivity index (χ1v) is 6.04. The second kappa shape index (κ2) is 5.47. The zero-order valence-corrected chi connectivity index (χ0v) is 11.1. The van der Waals surface area contributed by atoms with E-state index in [1.165, 1.54) is 18.2 Å². The van der Waals surface area contributed by atoms with Crippen LogP contribution in [0.2, 0.25) is 10.0 Å². The Balaban J connectivity index is 2.25. The Kier molecular flexibility index (Phi) is 3.93. The van der Waals surface area contributed by atoms with Crippen LogP contribution in [0.4, 0.5) is 15.8 Å². The van der Waals surface area contributed by atoms with Gasteiger partial charge in [-0.1, -0.05) is 23.2 Å². The van der Waals surface area contributed by atoms with Crippen LogP contribution in [0, 0.1) is 5.82 Å². The molecule has 1 amide bonds. The van der Waals surface area contributed by atoms with Crippen molar-refractivity contribution in [2.45, 2.75) is 0 Å². The van der Waals surface area contributed by atoms with E-state index in [9.17, 15) is 9.18 Å². The highest BCUT2D eigenvalue weighted by Crippen LogP contribution is 2.24. The summed E-state index contributed by atoms with van der Waals surface area (Å²) in [4.78, 5) is 12.0. The normalized spacial score (nSPS) is 10.3. The number of halogens is 3. The van der Waals surface area contributed by atoms with Crippen molar-refractivity contribution in [3.63, 3.8) is 0 Å². The van der Waals surface area contributed by atoms with Crippen molar-refractivity contribution < 1.29 is 9.18 Å². The summed E-state index contributed by atoms with van der Waals surface area (Å²) in [7, 11) is 0. The molecule has 0 atom stereocenters. The number of benzene rings is 2. The first-order valence-electron chi connectivity index (χ1n) is 5.29. The fourth-order valence-corrected chi connectivity index (χ4v) is 1.82. The Bertz CT molecular complexity index is 647. The van der Waals surface area contributed by atoms with E-state index in [4.69, 9.17) is 28.9 Å². The van der Waals surface area contributed by atoms with Gasteiger partial charge in [0, 0.05) is 10.6 Å². The summed E-state index contributed by atoms with van der Waals surface area (Å²) in [6.45, 7) is 0. The van der Waals surface area contributed by atoms with Crippen molar-refractivity contribution in [3.8, 4) is 0 Å². The van der Waals surface area contributed by atoms with Crippen LogP contribution >= 0.6 is 23.2 Å². The van der Waals surface area contributed by atoms with E-state index in [0.29, 0.717) is 16.4 Å². The maximum absolute atomic E-state index is 13.0. The molecule has 0 unspecified atom stereocenters. The van der Waals surface area contributed by atoms with Crippen LogP contribution in [-0.2, 0) is 0 Å². The lowest BCUT2D eigenvalue weighted by molar-refractivity contribution is 0.102. The summed E-state index contributed by atoms with van der Waals surface area (Å²) >= 11 is 11.4. The van der Waals surface area contributed by atoms with E-state index < -0.39 is 11.7 Å². The molecular weight excluding hydrogens is 290 g/mol. The highest BCUT2D eigenvalue weighted by molar-refractivity contribution is 6.31. The van der Waals surface area contributed by atoms with E-state index in [0.717, 1.165) is 6.07 Å².